The van der Waals surface area contributed by atoms with Crippen LogP contribution in [0.1, 0.15) is 34.6 Å². The van der Waals surface area contributed by atoms with Gasteiger partial charge in [-0.05, 0) is 44.2 Å². The van der Waals surface area contributed by atoms with Crippen molar-refractivity contribution in [3.05, 3.63) is 65.9 Å². The molecule has 0 unspecified atom stereocenters. The third-order valence-corrected chi connectivity index (χ3v) is 3.56. The van der Waals surface area contributed by atoms with Crippen LogP contribution in [0.4, 0.5) is 0 Å². The largest absolute Gasteiger partial charge is 0.491 e. The molecule has 23 heavy (non-hydrogen) atoms. The van der Waals surface area contributed by atoms with E-state index in [2.05, 4.69) is 0 Å². The van der Waals surface area contributed by atoms with E-state index < -0.39 is 0 Å². The molecule has 4 nitrogen and oxygen atoms in total. The average molecular weight is 307 g/mol. The zero-order valence-corrected chi connectivity index (χ0v) is 13.0. The van der Waals surface area contributed by atoms with Gasteiger partial charge in [0.15, 0.2) is 6.29 Å². The summed E-state index contributed by atoms with van der Waals surface area (Å²) < 4.78 is 7.09. The number of hydrogen-bond acceptors (Lipinski definition) is 3. The summed E-state index contributed by atoms with van der Waals surface area (Å²) in [6, 6.07) is 14.4. The molecular weight excluding hydrogens is 290 g/mol. The van der Waals surface area contributed by atoms with Crippen molar-refractivity contribution >= 4 is 23.1 Å². The SMILES string of the molecule is CC(C)Oc1ccc(C(=O)n2cc(C=O)c3ccccc32)cc1. The number of aromatic nitrogens is 1. The highest BCUT2D eigenvalue weighted by atomic mass is 16.5. The third-order valence-electron chi connectivity index (χ3n) is 3.56. The first-order valence-electron chi connectivity index (χ1n) is 7.47. The smallest absolute Gasteiger partial charge is 0.262 e. The number of fused-ring (bicyclic) bond motifs is 1. The molecule has 1 aromatic heterocycles. The quantitative estimate of drug-likeness (QED) is 0.686. The summed E-state index contributed by atoms with van der Waals surface area (Å²) in [7, 11) is 0. The first kappa shape index (κ1) is 15.0. The second-order valence-electron chi connectivity index (χ2n) is 5.59. The lowest BCUT2D eigenvalue weighted by molar-refractivity contribution is 0.0965. The summed E-state index contributed by atoms with van der Waals surface area (Å²) in [5, 5.41) is 0.774. The molecule has 0 atom stereocenters. The molecule has 0 radical (unpaired) electrons. The van der Waals surface area contributed by atoms with Gasteiger partial charge in [0.25, 0.3) is 5.91 Å². The van der Waals surface area contributed by atoms with Crippen molar-refractivity contribution < 1.29 is 14.3 Å². The Morgan fingerprint density at radius 3 is 2.43 bits per heavy atom. The summed E-state index contributed by atoms with van der Waals surface area (Å²) in [5.74, 6) is 0.549. The van der Waals surface area contributed by atoms with E-state index >= 15 is 0 Å². The number of benzene rings is 2. The molecule has 0 aliphatic rings. The molecular formula is C19H17NO3. The van der Waals surface area contributed by atoms with E-state index in [0.29, 0.717) is 11.1 Å². The van der Waals surface area contributed by atoms with E-state index in [4.69, 9.17) is 4.74 Å². The Hall–Kier alpha value is -2.88. The van der Waals surface area contributed by atoms with Crippen LogP contribution in [0.2, 0.25) is 0 Å². The van der Waals surface area contributed by atoms with Crippen molar-refractivity contribution in [2.45, 2.75) is 20.0 Å². The van der Waals surface area contributed by atoms with Crippen molar-refractivity contribution in [2.24, 2.45) is 0 Å². The Balaban J connectivity index is 1.99. The maximum atomic E-state index is 12.7. The van der Waals surface area contributed by atoms with Gasteiger partial charge in [0.1, 0.15) is 5.75 Å². The number of carbonyl (C=O) groups is 2. The van der Waals surface area contributed by atoms with Crippen LogP contribution in [0.5, 0.6) is 5.75 Å². The van der Waals surface area contributed by atoms with Gasteiger partial charge >= 0.3 is 0 Å². The summed E-state index contributed by atoms with van der Waals surface area (Å²) in [5.41, 5.74) is 1.77. The molecule has 0 spiro atoms. The number of ether oxygens (including phenoxy) is 1. The van der Waals surface area contributed by atoms with Gasteiger partial charge in [0, 0.05) is 22.7 Å². The first-order chi connectivity index (χ1) is 11.1. The maximum Gasteiger partial charge on any atom is 0.262 e. The predicted octanol–water partition coefficient (Wildman–Crippen LogP) is 3.93. The van der Waals surface area contributed by atoms with Crippen molar-refractivity contribution in [3.8, 4) is 5.75 Å². The summed E-state index contributed by atoms with van der Waals surface area (Å²) in [6.45, 7) is 3.90. The van der Waals surface area contributed by atoms with Crippen molar-refractivity contribution in [1.29, 1.82) is 0 Å². The normalized spacial score (nSPS) is 10.9. The highest BCUT2D eigenvalue weighted by Crippen LogP contribution is 2.22. The highest BCUT2D eigenvalue weighted by molar-refractivity contribution is 6.06. The Kier molecular flexibility index (Phi) is 3.98. The van der Waals surface area contributed by atoms with Crippen LogP contribution in [0.15, 0.2) is 54.7 Å². The van der Waals surface area contributed by atoms with Gasteiger partial charge in [0.05, 0.1) is 11.6 Å². The third kappa shape index (κ3) is 2.88. The molecule has 0 N–H and O–H groups in total. The number of para-hydroxylation sites is 1. The Labute approximate surface area is 134 Å². The zero-order valence-electron chi connectivity index (χ0n) is 13.0. The lowest BCUT2D eigenvalue weighted by Gasteiger charge is -2.10. The van der Waals surface area contributed by atoms with Crippen LogP contribution >= 0.6 is 0 Å². The van der Waals surface area contributed by atoms with Crippen molar-refractivity contribution in [2.75, 3.05) is 0 Å². The molecule has 3 rings (SSSR count). The highest BCUT2D eigenvalue weighted by Gasteiger charge is 2.14. The minimum Gasteiger partial charge on any atom is -0.491 e. The lowest BCUT2D eigenvalue weighted by Crippen LogP contribution is -2.11. The molecule has 0 saturated carbocycles. The second-order valence-corrected chi connectivity index (χ2v) is 5.59. The minimum absolute atomic E-state index is 0.0834. The van der Waals surface area contributed by atoms with E-state index in [-0.39, 0.29) is 12.0 Å². The zero-order chi connectivity index (χ0) is 16.4. The molecule has 0 aliphatic heterocycles. The molecule has 1 heterocycles. The van der Waals surface area contributed by atoms with Gasteiger partial charge in [-0.15, -0.1) is 0 Å². The summed E-state index contributed by atoms with van der Waals surface area (Å²) in [4.78, 5) is 23.9. The second kappa shape index (κ2) is 6.08. The molecule has 4 heteroatoms. The summed E-state index contributed by atoms with van der Waals surface area (Å²) >= 11 is 0. The maximum absolute atomic E-state index is 12.7. The first-order valence-corrected chi connectivity index (χ1v) is 7.47. The Bertz CT molecular complexity index is 860. The van der Waals surface area contributed by atoms with E-state index in [1.165, 1.54) is 4.57 Å². The monoisotopic (exact) mass is 307 g/mol. The molecule has 2 aromatic carbocycles. The van der Waals surface area contributed by atoms with Gasteiger partial charge < -0.3 is 4.74 Å². The van der Waals surface area contributed by atoms with Crippen LogP contribution in [-0.4, -0.2) is 22.9 Å². The Morgan fingerprint density at radius 2 is 1.78 bits per heavy atom. The van der Waals surface area contributed by atoms with Gasteiger partial charge in [-0.2, -0.15) is 0 Å². The minimum atomic E-state index is -0.176. The molecule has 0 amide bonds. The number of aldehydes is 1. The average Bonchev–Trinajstić information content (AvgIpc) is 2.93. The number of hydrogen-bond donors (Lipinski definition) is 0. The van der Waals surface area contributed by atoms with Crippen LogP contribution in [0, 0.1) is 0 Å². The van der Waals surface area contributed by atoms with E-state index in [1.54, 1.807) is 30.5 Å². The number of rotatable bonds is 4. The van der Waals surface area contributed by atoms with Gasteiger partial charge in [0.2, 0.25) is 0 Å². The van der Waals surface area contributed by atoms with Gasteiger partial charge in [-0.25, -0.2) is 0 Å². The molecule has 116 valence electrons. The van der Waals surface area contributed by atoms with E-state index in [9.17, 15) is 9.59 Å². The molecule has 0 bridgehead atoms. The number of carbonyl (C=O) groups excluding carboxylic acids is 2. The van der Waals surface area contributed by atoms with Crippen LogP contribution in [0.25, 0.3) is 10.9 Å². The van der Waals surface area contributed by atoms with Crippen LogP contribution < -0.4 is 4.74 Å². The number of nitrogens with zero attached hydrogens (tertiary/aromatic N) is 1. The molecule has 0 saturated heterocycles. The lowest BCUT2D eigenvalue weighted by atomic mass is 10.2. The standard InChI is InChI=1S/C19H17NO3/c1-13(2)23-16-9-7-14(8-10-16)19(22)20-11-15(12-21)17-5-3-4-6-18(17)20/h3-13H,1-2H3. The predicted molar refractivity (Wildman–Crippen MR) is 89.3 cm³/mol. The van der Waals surface area contributed by atoms with Crippen molar-refractivity contribution in [3.63, 3.8) is 0 Å². The van der Waals surface area contributed by atoms with E-state index in [0.717, 1.165) is 22.9 Å². The summed E-state index contributed by atoms with van der Waals surface area (Å²) in [6.07, 6.45) is 2.43. The molecule has 0 aliphatic carbocycles. The van der Waals surface area contributed by atoms with Gasteiger partial charge in [-0.3, -0.25) is 14.2 Å². The fourth-order valence-electron chi connectivity index (χ4n) is 2.56. The van der Waals surface area contributed by atoms with Crippen LogP contribution in [-0.2, 0) is 0 Å². The topological polar surface area (TPSA) is 48.3 Å². The van der Waals surface area contributed by atoms with Crippen molar-refractivity contribution in [1.82, 2.24) is 4.57 Å². The fraction of sp³-hybridized carbons (Fsp3) is 0.158. The molecule has 3 aromatic rings. The van der Waals surface area contributed by atoms with Gasteiger partial charge in [-0.1, -0.05) is 18.2 Å². The molecule has 0 fully saturated rings. The van der Waals surface area contributed by atoms with E-state index in [1.807, 2.05) is 38.1 Å². The fourth-order valence-corrected chi connectivity index (χ4v) is 2.56. The van der Waals surface area contributed by atoms with Crippen LogP contribution in [0.3, 0.4) is 0 Å². The Morgan fingerprint density at radius 1 is 1.09 bits per heavy atom.